The molecule has 4 fully saturated rings. The minimum Gasteiger partial charge on any atom is -0.352 e. The number of nitrogens with one attached hydrogen (secondary N) is 1. The first-order chi connectivity index (χ1) is 11.7. The van der Waals surface area contributed by atoms with Gasteiger partial charge in [-0.1, -0.05) is 12.8 Å². The van der Waals surface area contributed by atoms with Crippen LogP contribution in [0.25, 0.3) is 0 Å². The summed E-state index contributed by atoms with van der Waals surface area (Å²) in [4.78, 5) is 15.1. The zero-order valence-electron chi connectivity index (χ0n) is 15.0. The third-order valence-electron chi connectivity index (χ3n) is 6.76. The molecule has 2 saturated carbocycles. The standard InChI is InChI=1S/C19H32N2O3/c1-14-12-15-4-2-3-5-17(15)21(14)13-18(22)20-16-6-8-19(9-7-16)23-10-11-24-19/h14-17H,2-13H2,1H3,(H,20,22)/t14-,15+,17-/m1/s1. The van der Waals surface area contributed by atoms with Crippen LogP contribution in [0.5, 0.6) is 0 Å². The Bertz CT molecular complexity index is 454. The lowest BCUT2D eigenvalue weighted by Gasteiger charge is -2.36. The summed E-state index contributed by atoms with van der Waals surface area (Å²) in [6.07, 6.45) is 10.4. The monoisotopic (exact) mass is 336 g/mol. The maximum atomic E-state index is 12.6. The predicted molar refractivity (Wildman–Crippen MR) is 91.6 cm³/mol. The van der Waals surface area contributed by atoms with Crippen LogP contribution in [0.1, 0.15) is 64.7 Å². The molecule has 0 unspecified atom stereocenters. The van der Waals surface area contributed by atoms with Crippen molar-refractivity contribution in [1.82, 2.24) is 10.2 Å². The molecule has 0 radical (unpaired) electrons. The van der Waals surface area contributed by atoms with Gasteiger partial charge >= 0.3 is 0 Å². The van der Waals surface area contributed by atoms with Gasteiger partial charge in [-0.3, -0.25) is 9.69 Å². The van der Waals surface area contributed by atoms with Gasteiger partial charge in [0.1, 0.15) is 0 Å². The van der Waals surface area contributed by atoms with E-state index in [1.54, 1.807) is 0 Å². The van der Waals surface area contributed by atoms with E-state index >= 15 is 0 Å². The van der Waals surface area contributed by atoms with Gasteiger partial charge in [0.05, 0.1) is 19.8 Å². The molecule has 24 heavy (non-hydrogen) atoms. The van der Waals surface area contributed by atoms with Gasteiger partial charge in [0.2, 0.25) is 5.91 Å². The van der Waals surface area contributed by atoms with E-state index < -0.39 is 0 Å². The largest absolute Gasteiger partial charge is 0.352 e. The first-order valence-electron chi connectivity index (χ1n) is 9.98. The summed E-state index contributed by atoms with van der Waals surface area (Å²) < 4.78 is 11.5. The second kappa shape index (κ2) is 6.93. The number of hydrogen-bond acceptors (Lipinski definition) is 4. The molecule has 4 aliphatic rings. The third-order valence-corrected chi connectivity index (χ3v) is 6.76. The van der Waals surface area contributed by atoms with Crippen molar-refractivity contribution in [3.63, 3.8) is 0 Å². The highest BCUT2D eigenvalue weighted by Crippen LogP contribution is 2.39. The van der Waals surface area contributed by atoms with Crippen LogP contribution < -0.4 is 5.32 Å². The predicted octanol–water partition coefficient (Wildman–Crippen LogP) is 2.44. The molecule has 1 N–H and O–H groups in total. The lowest BCUT2D eigenvalue weighted by molar-refractivity contribution is -0.180. The molecule has 1 amide bonds. The maximum absolute atomic E-state index is 12.6. The van der Waals surface area contributed by atoms with E-state index in [2.05, 4.69) is 17.1 Å². The Morgan fingerprint density at radius 2 is 1.83 bits per heavy atom. The van der Waals surface area contributed by atoms with Crippen molar-refractivity contribution in [2.24, 2.45) is 5.92 Å². The van der Waals surface area contributed by atoms with Gasteiger partial charge in [0.15, 0.2) is 5.79 Å². The second-order valence-electron chi connectivity index (χ2n) is 8.32. The van der Waals surface area contributed by atoms with E-state index in [0.717, 1.165) is 31.6 Å². The normalized spacial score (nSPS) is 36.8. The van der Waals surface area contributed by atoms with E-state index in [0.29, 0.717) is 31.8 Å². The minimum atomic E-state index is -0.333. The lowest BCUT2D eigenvalue weighted by Crippen LogP contribution is -2.49. The van der Waals surface area contributed by atoms with Crippen LogP contribution in [-0.4, -0.2) is 54.5 Å². The number of fused-ring (bicyclic) bond motifs is 1. The van der Waals surface area contributed by atoms with E-state index in [1.807, 2.05) is 0 Å². The Labute approximate surface area is 145 Å². The minimum absolute atomic E-state index is 0.210. The van der Waals surface area contributed by atoms with Crippen molar-refractivity contribution in [3.8, 4) is 0 Å². The van der Waals surface area contributed by atoms with E-state index in [9.17, 15) is 4.79 Å². The smallest absolute Gasteiger partial charge is 0.234 e. The molecule has 1 spiro atoms. The molecule has 2 heterocycles. The van der Waals surface area contributed by atoms with Crippen LogP contribution in [0, 0.1) is 5.92 Å². The molecular weight excluding hydrogens is 304 g/mol. The molecule has 0 aromatic rings. The number of rotatable bonds is 3. The van der Waals surface area contributed by atoms with E-state index in [-0.39, 0.29) is 17.7 Å². The van der Waals surface area contributed by atoms with Gasteiger partial charge in [0.25, 0.3) is 0 Å². The maximum Gasteiger partial charge on any atom is 0.234 e. The van der Waals surface area contributed by atoms with Crippen LogP contribution in [0.15, 0.2) is 0 Å². The summed E-state index contributed by atoms with van der Waals surface area (Å²) in [5, 5.41) is 3.28. The quantitative estimate of drug-likeness (QED) is 0.860. The molecule has 5 nitrogen and oxygen atoms in total. The Morgan fingerprint density at radius 3 is 2.58 bits per heavy atom. The average molecular weight is 336 g/mol. The fourth-order valence-electron chi connectivity index (χ4n) is 5.50. The van der Waals surface area contributed by atoms with Gasteiger partial charge in [-0.25, -0.2) is 0 Å². The highest BCUT2D eigenvalue weighted by atomic mass is 16.7. The van der Waals surface area contributed by atoms with Crippen LogP contribution >= 0.6 is 0 Å². The van der Waals surface area contributed by atoms with Crippen molar-refractivity contribution >= 4 is 5.91 Å². The zero-order valence-corrected chi connectivity index (χ0v) is 15.0. The van der Waals surface area contributed by atoms with Gasteiger partial charge in [0, 0.05) is 31.0 Å². The second-order valence-corrected chi connectivity index (χ2v) is 8.32. The molecule has 136 valence electrons. The molecule has 2 aliphatic carbocycles. The van der Waals surface area contributed by atoms with Crippen LogP contribution in [0.2, 0.25) is 0 Å². The van der Waals surface area contributed by atoms with Gasteiger partial charge in [-0.15, -0.1) is 0 Å². The summed E-state index contributed by atoms with van der Waals surface area (Å²) >= 11 is 0. The molecule has 0 bridgehead atoms. The zero-order chi connectivity index (χ0) is 16.6. The number of nitrogens with zero attached hydrogens (tertiary/aromatic N) is 1. The summed E-state index contributed by atoms with van der Waals surface area (Å²) in [5.41, 5.74) is 0. The molecule has 0 aromatic heterocycles. The molecule has 3 atom stereocenters. The van der Waals surface area contributed by atoms with Crippen molar-refractivity contribution in [1.29, 1.82) is 0 Å². The summed E-state index contributed by atoms with van der Waals surface area (Å²) in [6, 6.07) is 1.49. The SMILES string of the molecule is C[C@@H]1C[C@@H]2CCCC[C@H]2N1CC(=O)NC1CCC2(CC1)OCCO2. The molecule has 2 saturated heterocycles. The first-order valence-corrected chi connectivity index (χ1v) is 9.98. The topological polar surface area (TPSA) is 50.8 Å². The summed E-state index contributed by atoms with van der Waals surface area (Å²) in [6.45, 7) is 4.31. The number of carbonyl (C=O) groups is 1. The van der Waals surface area contributed by atoms with Crippen molar-refractivity contribution in [3.05, 3.63) is 0 Å². The Balaban J connectivity index is 1.26. The van der Waals surface area contributed by atoms with E-state index in [4.69, 9.17) is 9.47 Å². The Kier molecular flexibility index (Phi) is 4.85. The van der Waals surface area contributed by atoms with Crippen molar-refractivity contribution < 1.29 is 14.3 Å². The van der Waals surface area contributed by atoms with Gasteiger partial charge < -0.3 is 14.8 Å². The van der Waals surface area contributed by atoms with Crippen molar-refractivity contribution in [2.75, 3.05) is 19.8 Å². The fraction of sp³-hybridized carbons (Fsp3) is 0.947. The Hall–Kier alpha value is -0.650. The molecule has 2 aliphatic heterocycles. The third kappa shape index (κ3) is 3.35. The fourth-order valence-corrected chi connectivity index (χ4v) is 5.50. The number of likely N-dealkylation sites (tertiary alicyclic amines) is 1. The molecular formula is C19H32N2O3. The van der Waals surface area contributed by atoms with Crippen LogP contribution in [-0.2, 0) is 14.3 Å². The summed E-state index contributed by atoms with van der Waals surface area (Å²) in [7, 11) is 0. The molecule has 5 heteroatoms. The number of amides is 1. The highest BCUT2D eigenvalue weighted by Gasteiger charge is 2.42. The molecule has 4 rings (SSSR count). The van der Waals surface area contributed by atoms with Crippen molar-refractivity contribution in [2.45, 2.75) is 88.6 Å². The first kappa shape index (κ1) is 16.8. The van der Waals surface area contributed by atoms with Crippen LogP contribution in [0.3, 0.4) is 0 Å². The lowest BCUT2D eigenvalue weighted by atomic mass is 9.85. The molecule has 0 aromatic carbocycles. The Morgan fingerprint density at radius 1 is 1.12 bits per heavy atom. The van der Waals surface area contributed by atoms with Crippen LogP contribution in [0.4, 0.5) is 0 Å². The average Bonchev–Trinajstić information content (AvgIpc) is 3.16. The van der Waals surface area contributed by atoms with Gasteiger partial charge in [-0.2, -0.15) is 0 Å². The van der Waals surface area contributed by atoms with E-state index in [1.165, 1.54) is 32.1 Å². The number of carbonyl (C=O) groups excluding carboxylic acids is 1. The number of hydrogen-bond donors (Lipinski definition) is 1. The number of ether oxygens (including phenoxy) is 2. The highest BCUT2D eigenvalue weighted by molar-refractivity contribution is 5.78. The van der Waals surface area contributed by atoms with Gasteiger partial charge in [-0.05, 0) is 44.9 Å². The summed E-state index contributed by atoms with van der Waals surface area (Å²) in [5.74, 6) is 0.704.